The molecule has 1 N–H and O–H groups in total. The van der Waals surface area contributed by atoms with Gasteiger partial charge in [-0.3, -0.25) is 4.68 Å². The van der Waals surface area contributed by atoms with Crippen LogP contribution in [0.2, 0.25) is 0 Å². The lowest BCUT2D eigenvalue weighted by Crippen LogP contribution is -2.02. The first-order valence-corrected chi connectivity index (χ1v) is 5.46. The molecule has 1 aromatic carbocycles. The number of hydrogen-bond acceptors (Lipinski definition) is 3. The van der Waals surface area contributed by atoms with Crippen LogP contribution in [-0.4, -0.2) is 22.0 Å². The molecule has 2 rings (SSSR count). The highest BCUT2D eigenvalue weighted by Gasteiger charge is 2.12. The van der Waals surface area contributed by atoms with Gasteiger partial charge in [-0.25, -0.2) is 0 Å². The molecule has 90 valence electrons. The van der Waals surface area contributed by atoms with E-state index in [0.29, 0.717) is 12.3 Å². The molecule has 1 unspecified atom stereocenters. The summed E-state index contributed by atoms with van der Waals surface area (Å²) in [6, 6.07) is 9.51. The van der Waals surface area contributed by atoms with Crippen LogP contribution in [0.25, 0.3) is 0 Å². The summed E-state index contributed by atoms with van der Waals surface area (Å²) >= 11 is 0. The highest BCUT2D eigenvalue weighted by Crippen LogP contribution is 2.20. The zero-order valence-electron chi connectivity index (χ0n) is 10.00. The molecule has 0 spiro atoms. The number of aryl methyl sites for hydroxylation is 1. The zero-order valence-corrected chi connectivity index (χ0v) is 10.00. The van der Waals surface area contributed by atoms with Gasteiger partial charge in [0.15, 0.2) is 0 Å². The van der Waals surface area contributed by atoms with E-state index in [-0.39, 0.29) is 0 Å². The van der Waals surface area contributed by atoms with Crippen molar-refractivity contribution in [2.75, 3.05) is 7.11 Å². The number of benzene rings is 1. The Morgan fingerprint density at radius 3 is 2.53 bits per heavy atom. The number of aliphatic hydroxyl groups is 1. The van der Waals surface area contributed by atoms with Gasteiger partial charge in [0.25, 0.3) is 0 Å². The minimum absolute atomic E-state index is 0.583. The standard InChI is InChI=1S/C13H16N2O2/c1-15-8-7-12(14-15)13(16)11-5-3-10(4-6-11)9-17-2/h3-8,13,16H,9H2,1-2H3. The summed E-state index contributed by atoms with van der Waals surface area (Å²) in [5.41, 5.74) is 2.58. The van der Waals surface area contributed by atoms with E-state index in [1.54, 1.807) is 11.8 Å². The van der Waals surface area contributed by atoms with Crippen molar-refractivity contribution in [2.45, 2.75) is 12.7 Å². The Kier molecular flexibility index (Phi) is 3.56. The van der Waals surface area contributed by atoms with Crippen LogP contribution in [0.4, 0.5) is 0 Å². The lowest BCUT2D eigenvalue weighted by atomic mass is 10.1. The van der Waals surface area contributed by atoms with Crippen LogP contribution < -0.4 is 0 Å². The molecule has 0 bridgehead atoms. The van der Waals surface area contributed by atoms with E-state index in [1.807, 2.05) is 43.6 Å². The van der Waals surface area contributed by atoms with Gasteiger partial charge in [-0.15, -0.1) is 0 Å². The molecule has 0 aliphatic rings. The molecule has 2 aromatic rings. The zero-order chi connectivity index (χ0) is 12.3. The molecule has 0 radical (unpaired) electrons. The first kappa shape index (κ1) is 11.8. The predicted octanol–water partition coefficient (Wildman–Crippen LogP) is 1.65. The van der Waals surface area contributed by atoms with Gasteiger partial charge in [0.1, 0.15) is 6.10 Å². The SMILES string of the molecule is COCc1ccc(C(O)c2ccn(C)n2)cc1. The third-order valence-corrected chi connectivity index (χ3v) is 2.62. The fraction of sp³-hybridized carbons (Fsp3) is 0.308. The van der Waals surface area contributed by atoms with Crippen molar-refractivity contribution in [3.05, 3.63) is 53.3 Å². The molecular formula is C13H16N2O2. The highest BCUT2D eigenvalue weighted by molar-refractivity contribution is 5.28. The number of nitrogens with zero attached hydrogens (tertiary/aromatic N) is 2. The molecule has 0 aliphatic carbocycles. The van der Waals surface area contributed by atoms with Crippen LogP contribution in [0, 0.1) is 0 Å². The van der Waals surface area contributed by atoms with Crippen molar-refractivity contribution in [3.63, 3.8) is 0 Å². The Morgan fingerprint density at radius 1 is 1.29 bits per heavy atom. The molecule has 0 amide bonds. The van der Waals surface area contributed by atoms with E-state index in [2.05, 4.69) is 5.10 Å². The number of aromatic nitrogens is 2. The monoisotopic (exact) mass is 232 g/mol. The average molecular weight is 232 g/mol. The van der Waals surface area contributed by atoms with E-state index >= 15 is 0 Å². The van der Waals surface area contributed by atoms with Gasteiger partial charge in [0.2, 0.25) is 0 Å². The fourth-order valence-corrected chi connectivity index (χ4v) is 1.71. The third-order valence-electron chi connectivity index (χ3n) is 2.62. The number of aliphatic hydroxyl groups excluding tert-OH is 1. The molecule has 4 heteroatoms. The van der Waals surface area contributed by atoms with Gasteiger partial charge >= 0.3 is 0 Å². The van der Waals surface area contributed by atoms with Crippen molar-refractivity contribution in [1.82, 2.24) is 9.78 Å². The van der Waals surface area contributed by atoms with Gasteiger partial charge in [-0.2, -0.15) is 5.10 Å². The van der Waals surface area contributed by atoms with E-state index in [4.69, 9.17) is 4.74 Å². The quantitative estimate of drug-likeness (QED) is 0.872. The van der Waals surface area contributed by atoms with Crippen molar-refractivity contribution < 1.29 is 9.84 Å². The van der Waals surface area contributed by atoms with Gasteiger partial charge < -0.3 is 9.84 Å². The van der Waals surface area contributed by atoms with Crippen LogP contribution >= 0.6 is 0 Å². The van der Waals surface area contributed by atoms with Gasteiger partial charge in [0.05, 0.1) is 12.3 Å². The number of methoxy groups -OCH3 is 1. The Balaban J connectivity index is 2.16. The lowest BCUT2D eigenvalue weighted by Gasteiger charge is -2.09. The molecule has 4 nitrogen and oxygen atoms in total. The van der Waals surface area contributed by atoms with Crippen molar-refractivity contribution in [3.8, 4) is 0 Å². The molecular weight excluding hydrogens is 216 g/mol. The Bertz CT molecular complexity index is 476. The smallest absolute Gasteiger partial charge is 0.123 e. The second-order valence-corrected chi connectivity index (χ2v) is 3.99. The molecule has 0 fully saturated rings. The summed E-state index contributed by atoms with van der Waals surface area (Å²) in [6.07, 6.45) is 1.14. The molecule has 1 atom stereocenters. The summed E-state index contributed by atoms with van der Waals surface area (Å²) in [4.78, 5) is 0. The topological polar surface area (TPSA) is 47.3 Å². The molecule has 0 aliphatic heterocycles. The fourth-order valence-electron chi connectivity index (χ4n) is 1.71. The molecule has 0 saturated carbocycles. The minimum Gasteiger partial charge on any atom is -0.382 e. The second-order valence-electron chi connectivity index (χ2n) is 3.99. The molecule has 1 aromatic heterocycles. The first-order valence-electron chi connectivity index (χ1n) is 5.46. The van der Waals surface area contributed by atoms with Crippen LogP contribution in [0.3, 0.4) is 0 Å². The number of hydrogen-bond donors (Lipinski definition) is 1. The Hall–Kier alpha value is -1.65. The van der Waals surface area contributed by atoms with Gasteiger partial charge in [0, 0.05) is 20.4 Å². The molecule has 17 heavy (non-hydrogen) atoms. The number of ether oxygens (including phenoxy) is 1. The lowest BCUT2D eigenvalue weighted by molar-refractivity contribution is 0.184. The molecule has 0 saturated heterocycles. The van der Waals surface area contributed by atoms with E-state index < -0.39 is 6.10 Å². The summed E-state index contributed by atoms with van der Waals surface area (Å²) in [7, 11) is 3.49. The second kappa shape index (κ2) is 5.12. The highest BCUT2D eigenvalue weighted by atomic mass is 16.5. The normalized spacial score (nSPS) is 12.6. The summed E-state index contributed by atoms with van der Waals surface area (Å²) < 4.78 is 6.72. The number of rotatable bonds is 4. The van der Waals surface area contributed by atoms with Crippen molar-refractivity contribution in [2.24, 2.45) is 7.05 Å². The van der Waals surface area contributed by atoms with Gasteiger partial charge in [-0.1, -0.05) is 24.3 Å². The maximum Gasteiger partial charge on any atom is 0.123 e. The van der Waals surface area contributed by atoms with Crippen LogP contribution in [0.1, 0.15) is 22.9 Å². The third kappa shape index (κ3) is 2.72. The summed E-state index contributed by atoms with van der Waals surface area (Å²) in [5, 5.41) is 14.3. The van der Waals surface area contributed by atoms with Crippen LogP contribution in [0.15, 0.2) is 36.5 Å². The van der Waals surface area contributed by atoms with Crippen molar-refractivity contribution >= 4 is 0 Å². The summed E-state index contributed by atoms with van der Waals surface area (Å²) in [5.74, 6) is 0. The predicted molar refractivity (Wildman–Crippen MR) is 64.4 cm³/mol. The van der Waals surface area contributed by atoms with Crippen molar-refractivity contribution in [1.29, 1.82) is 0 Å². The minimum atomic E-state index is -0.673. The largest absolute Gasteiger partial charge is 0.382 e. The maximum absolute atomic E-state index is 10.1. The van der Waals surface area contributed by atoms with Gasteiger partial charge in [-0.05, 0) is 17.2 Å². The van der Waals surface area contributed by atoms with E-state index in [1.165, 1.54) is 0 Å². The van der Waals surface area contributed by atoms with Crippen LogP contribution in [0.5, 0.6) is 0 Å². The summed E-state index contributed by atoms with van der Waals surface area (Å²) in [6.45, 7) is 0.583. The van der Waals surface area contributed by atoms with Crippen LogP contribution in [-0.2, 0) is 18.4 Å². The average Bonchev–Trinajstić information content (AvgIpc) is 2.76. The first-order chi connectivity index (χ1) is 8.20. The molecule has 1 heterocycles. The Morgan fingerprint density at radius 2 is 2.00 bits per heavy atom. The van der Waals surface area contributed by atoms with E-state index in [0.717, 1.165) is 11.1 Å². The maximum atomic E-state index is 10.1. The Labute approximate surface area is 100 Å². The van der Waals surface area contributed by atoms with E-state index in [9.17, 15) is 5.11 Å².